The number of ether oxygens (including phenoxy) is 3. The summed E-state index contributed by atoms with van der Waals surface area (Å²) in [6, 6.07) is 0. The quantitative estimate of drug-likeness (QED) is 0.107. The Bertz CT molecular complexity index is 531. The zero-order chi connectivity index (χ0) is 26.6. The van der Waals surface area contributed by atoms with Crippen molar-refractivity contribution in [2.45, 2.75) is 146 Å². The lowest BCUT2D eigenvalue weighted by atomic mass is 9.99. The first-order valence-electron chi connectivity index (χ1n) is 14.2. The fourth-order valence-corrected chi connectivity index (χ4v) is 4.36. The molecule has 0 bridgehead atoms. The second-order valence-electron chi connectivity index (χ2n) is 10.1. The van der Waals surface area contributed by atoms with Crippen LogP contribution in [0.4, 0.5) is 0 Å². The molecule has 0 aliphatic carbocycles. The molecule has 5 N–H and O–H groups in total. The van der Waals surface area contributed by atoms with Crippen molar-refractivity contribution in [3.05, 3.63) is 0 Å². The minimum Gasteiger partial charge on any atom is -0.463 e. The highest BCUT2D eigenvalue weighted by molar-refractivity contribution is 5.69. The average Bonchev–Trinajstić information content (AvgIpc) is 2.88. The number of rotatable bonds is 22. The number of aliphatic hydroxyl groups is 5. The molecule has 0 unspecified atom stereocenters. The molecule has 9 nitrogen and oxygen atoms in total. The summed E-state index contributed by atoms with van der Waals surface area (Å²) in [6.45, 7) is 1.12. The van der Waals surface area contributed by atoms with Crippen LogP contribution in [0.3, 0.4) is 0 Å². The van der Waals surface area contributed by atoms with E-state index in [1.165, 1.54) is 77.0 Å². The molecule has 0 aromatic heterocycles. The zero-order valence-electron chi connectivity index (χ0n) is 22.3. The van der Waals surface area contributed by atoms with Crippen LogP contribution in [0.5, 0.6) is 0 Å². The van der Waals surface area contributed by atoms with E-state index in [2.05, 4.69) is 6.92 Å². The van der Waals surface area contributed by atoms with E-state index in [1.54, 1.807) is 0 Å². The molecule has 1 rings (SSSR count). The van der Waals surface area contributed by atoms with Crippen LogP contribution < -0.4 is 0 Å². The highest BCUT2D eigenvalue weighted by Gasteiger charge is 2.44. The maximum atomic E-state index is 11.9. The number of carbonyl (C=O) groups excluding carboxylic acids is 1. The summed E-state index contributed by atoms with van der Waals surface area (Å²) in [5, 5.41) is 48.5. The van der Waals surface area contributed by atoms with Gasteiger partial charge in [-0.3, -0.25) is 4.79 Å². The largest absolute Gasteiger partial charge is 0.463 e. The second-order valence-corrected chi connectivity index (χ2v) is 10.1. The van der Waals surface area contributed by atoms with Crippen molar-refractivity contribution in [1.82, 2.24) is 0 Å². The van der Waals surface area contributed by atoms with Crippen molar-refractivity contribution in [1.29, 1.82) is 0 Å². The molecule has 0 saturated carbocycles. The van der Waals surface area contributed by atoms with E-state index in [9.17, 15) is 30.3 Å². The van der Waals surface area contributed by atoms with Crippen LogP contribution in [0.2, 0.25) is 0 Å². The first-order chi connectivity index (χ1) is 17.4. The molecular formula is C27H52O9. The fourth-order valence-electron chi connectivity index (χ4n) is 4.36. The van der Waals surface area contributed by atoms with E-state index in [0.29, 0.717) is 6.42 Å². The lowest BCUT2D eigenvalue weighted by Crippen LogP contribution is -2.59. The van der Waals surface area contributed by atoms with E-state index in [-0.39, 0.29) is 19.2 Å². The van der Waals surface area contributed by atoms with Gasteiger partial charge in [0.25, 0.3) is 0 Å². The predicted molar refractivity (Wildman–Crippen MR) is 136 cm³/mol. The molecule has 1 fully saturated rings. The third-order valence-corrected chi connectivity index (χ3v) is 6.72. The summed E-state index contributed by atoms with van der Waals surface area (Å²) >= 11 is 0. The number of carbonyl (C=O) groups is 1. The summed E-state index contributed by atoms with van der Waals surface area (Å²) in [4.78, 5) is 11.9. The summed E-state index contributed by atoms with van der Waals surface area (Å²) in [7, 11) is 0. The van der Waals surface area contributed by atoms with Crippen LogP contribution in [0.25, 0.3) is 0 Å². The summed E-state index contributed by atoms with van der Waals surface area (Å²) in [5.41, 5.74) is 0. The summed E-state index contributed by atoms with van der Waals surface area (Å²) in [6.07, 6.45) is 11.0. The highest BCUT2D eigenvalue weighted by Crippen LogP contribution is 2.22. The van der Waals surface area contributed by atoms with Gasteiger partial charge in [0.1, 0.15) is 37.1 Å². The van der Waals surface area contributed by atoms with Crippen LogP contribution in [-0.2, 0) is 19.0 Å². The molecule has 0 amide bonds. The van der Waals surface area contributed by atoms with Gasteiger partial charge in [-0.1, -0.05) is 96.8 Å². The van der Waals surface area contributed by atoms with Crippen molar-refractivity contribution >= 4 is 5.97 Å². The van der Waals surface area contributed by atoms with Crippen molar-refractivity contribution in [3.8, 4) is 0 Å². The van der Waals surface area contributed by atoms with E-state index in [1.807, 2.05) is 0 Å². The minimum absolute atomic E-state index is 0.255. The van der Waals surface area contributed by atoms with E-state index in [0.717, 1.165) is 19.3 Å². The molecule has 214 valence electrons. The normalized spacial score (nSPS) is 25.1. The summed E-state index contributed by atoms with van der Waals surface area (Å²) < 4.78 is 15.5. The Hall–Kier alpha value is -0.810. The molecule has 36 heavy (non-hydrogen) atoms. The topological polar surface area (TPSA) is 146 Å². The monoisotopic (exact) mass is 520 g/mol. The standard InChI is InChI=1S/C27H52O9/c1-2-3-4-5-6-7-8-9-10-11-12-13-14-15-16-17-23(30)34-19-21(29)20-35-27-26(33)25(32)24(31)22(18-28)36-27/h21-22,24-29,31-33H,2-20H2,1H3/t21-,22-,24+,25+,26+,27-/m1/s1. The van der Waals surface area contributed by atoms with Gasteiger partial charge in [0.15, 0.2) is 6.29 Å². The maximum absolute atomic E-state index is 11.9. The van der Waals surface area contributed by atoms with Gasteiger partial charge in [-0.15, -0.1) is 0 Å². The lowest BCUT2D eigenvalue weighted by molar-refractivity contribution is -0.305. The molecule has 6 atom stereocenters. The number of hydrogen-bond acceptors (Lipinski definition) is 9. The number of aliphatic hydroxyl groups excluding tert-OH is 5. The Morgan fingerprint density at radius 3 is 1.75 bits per heavy atom. The molecule has 1 heterocycles. The van der Waals surface area contributed by atoms with Gasteiger partial charge >= 0.3 is 5.97 Å². The molecule has 0 aromatic carbocycles. The second kappa shape index (κ2) is 21.2. The molecule has 1 aliphatic heterocycles. The van der Waals surface area contributed by atoms with Gasteiger partial charge in [-0.25, -0.2) is 0 Å². The highest BCUT2D eigenvalue weighted by atomic mass is 16.7. The average molecular weight is 521 g/mol. The molecule has 1 aliphatic rings. The first-order valence-corrected chi connectivity index (χ1v) is 14.2. The summed E-state index contributed by atoms with van der Waals surface area (Å²) in [5.74, 6) is -0.378. The van der Waals surface area contributed by atoms with Gasteiger partial charge in [-0.05, 0) is 6.42 Å². The lowest BCUT2D eigenvalue weighted by Gasteiger charge is -2.39. The van der Waals surface area contributed by atoms with Crippen LogP contribution in [0.15, 0.2) is 0 Å². The number of unbranched alkanes of at least 4 members (excludes halogenated alkanes) is 14. The predicted octanol–water partition coefficient (Wildman–Crippen LogP) is 2.97. The van der Waals surface area contributed by atoms with Gasteiger partial charge < -0.3 is 39.7 Å². The Morgan fingerprint density at radius 1 is 0.750 bits per heavy atom. The Morgan fingerprint density at radius 2 is 1.25 bits per heavy atom. The third kappa shape index (κ3) is 14.8. The van der Waals surface area contributed by atoms with Crippen molar-refractivity contribution < 1.29 is 44.5 Å². The smallest absolute Gasteiger partial charge is 0.305 e. The Balaban J connectivity index is 1.94. The molecule has 9 heteroatoms. The van der Waals surface area contributed by atoms with Crippen LogP contribution >= 0.6 is 0 Å². The van der Waals surface area contributed by atoms with Crippen LogP contribution in [0.1, 0.15) is 110 Å². The van der Waals surface area contributed by atoms with Crippen LogP contribution in [-0.4, -0.2) is 88.1 Å². The molecule has 0 aromatic rings. The van der Waals surface area contributed by atoms with Crippen molar-refractivity contribution in [2.75, 3.05) is 19.8 Å². The number of hydrogen-bond donors (Lipinski definition) is 5. The van der Waals surface area contributed by atoms with Gasteiger partial charge in [0.05, 0.1) is 13.2 Å². The Kier molecular flexibility index (Phi) is 19.5. The molecule has 0 spiro atoms. The van der Waals surface area contributed by atoms with E-state index >= 15 is 0 Å². The fraction of sp³-hybridized carbons (Fsp3) is 0.963. The van der Waals surface area contributed by atoms with Crippen LogP contribution in [0, 0.1) is 0 Å². The SMILES string of the molecule is CCCCCCCCCCCCCCCCCC(=O)OC[C@@H](O)CO[C@@H]1O[C@H](CO)[C@H](O)[C@H](O)[C@@H]1O. The Labute approximate surface area is 217 Å². The van der Waals surface area contributed by atoms with Gasteiger partial charge in [-0.2, -0.15) is 0 Å². The van der Waals surface area contributed by atoms with E-state index < -0.39 is 43.4 Å². The van der Waals surface area contributed by atoms with Gasteiger partial charge in [0.2, 0.25) is 0 Å². The zero-order valence-corrected chi connectivity index (χ0v) is 22.3. The van der Waals surface area contributed by atoms with Crippen molar-refractivity contribution in [2.24, 2.45) is 0 Å². The minimum atomic E-state index is -1.55. The van der Waals surface area contributed by atoms with E-state index in [4.69, 9.17) is 14.2 Å². The van der Waals surface area contributed by atoms with Crippen molar-refractivity contribution in [3.63, 3.8) is 0 Å². The first kappa shape index (κ1) is 33.2. The molecule has 1 saturated heterocycles. The maximum Gasteiger partial charge on any atom is 0.305 e. The number of esters is 1. The third-order valence-electron chi connectivity index (χ3n) is 6.72. The molecular weight excluding hydrogens is 468 g/mol. The molecule has 0 radical (unpaired) electrons. The van der Waals surface area contributed by atoms with Gasteiger partial charge in [0, 0.05) is 6.42 Å².